The summed E-state index contributed by atoms with van der Waals surface area (Å²) in [6.07, 6.45) is 2.78. The van der Waals surface area contributed by atoms with Gasteiger partial charge in [-0.15, -0.1) is 0 Å². The second-order valence-electron chi connectivity index (χ2n) is 15.5. The molecule has 3 aromatic rings. The number of benzene rings is 1. The number of hydrogen-bond acceptors (Lipinski definition) is 18. The molecule has 1 aliphatic heterocycles. The first kappa shape index (κ1) is 52.2. The fourth-order valence-electron chi connectivity index (χ4n) is 6.74. The molecule has 0 radical (unpaired) electrons. The molecule has 1 aromatic carbocycles. The van der Waals surface area contributed by atoms with Crippen LogP contribution in [0.2, 0.25) is 0 Å². The first-order valence-electron chi connectivity index (χ1n) is 21.6. The first-order valence-corrected chi connectivity index (χ1v) is 21.6. The topological polar surface area (TPSA) is 342 Å². The van der Waals surface area contributed by atoms with Gasteiger partial charge in [0.15, 0.2) is 11.2 Å². The van der Waals surface area contributed by atoms with Crippen LogP contribution in [0.25, 0.3) is 11.2 Å². The molecule has 24 nitrogen and oxygen atoms in total. The van der Waals surface area contributed by atoms with Crippen molar-refractivity contribution in [3.8, 4) is 0 Å². The Hall–Kier alpha value is -6.47. The maximum Gasteiger partial charge on any atom is 0.326 e. The number of carboxylic acids is 3. The summed E-state index contributed by atoms with van der Waals surface area (Å²) >= 11 is 0. The van der Waals surface area contributed by atoms with E-state index in [9.17, 15) is 53.7 Å². The van der Waals surface area contributed by atoms with Crippen molar-refractivity contribution >= 4 is 64.1 Å². The van der Waals surface area contributed by atoms with Gasteiger partial charge in [-0.05, 0) is 43.5 Å². The Morgan fingerprint density at radius 3 is 1.95 bits per heavy atom. The molecule has 0 bridgehead atoms. The highest BCUT2D eigenvalue weighted by Crippen LogP contribution is 2.13. The SMILES string of the molecule is Nc1nc2ncc(CNc3ccc(C(=O)N[C@@H](CCC(=O)CCCOCCOCCC(=O)CCCNC(=O)CN4CCN(CC(=O)O)CCN(CC(=O)O)CC4)C(=O)O)cc3)nc2c(=O)[nH]1. The van der Waals surface area contributed by atoms with Gasteiger partial charge in [-0.2, -0.15) is 4.98 Å². The van der Waals surface area contributed by atoms with Gasteiger partial charge in [-0.25, -0.2) is 14.8 Å². The van der Waals surface area contributed by atoms with Gasteiger partial charge in [0.1, 0.15) is 17.6 Å². The lowest BCUT2D eigenvalue weighted by Crippen LogP contribution is -2.43. The molecule has 1 atom stereocenters. The van der Waals surface area contributed by atoms with Crippen LogP contribution in [0.15, 0.2) is 35.3 Å². The van der Waals surface area contributed by atoms with Gasteiger partial charge in [0.05, 0.1) is 57.9 Å². The number of nitrogen functional groups attached to an aromatic ring is 1. The number of nitrogens with one attached hydrogen (secondary N) is 4. The number of aromatic nitrogens is 4. The van der Waals surface area contributed by atoms with Crippen molar-refractivity contribution in [1.29, 1.82) is 0 Å². The second kappa shape index (κ2) is 27.8. The van der Waals surface area contributed by atoms with Crippen molar-refractivity contribution < 1.29 is 58.4 Å². The number of amides is 2. The number of nitrogens with two attached hydrogens (primary N) is 1. The molecule has 2 aromatic heterocycles. The zero-order valence-electron chi connectivity index (χ0n) is 36.7. The van der Waals surface area contributed by atoms with Crippen molar-refractivity contribution in [2.45, 2.75) is 57.5 Å². The summed E-state index contributed by atoms with van der Waals surface area (Å²) in [4.78, 5) is 117. The molecule has 1 saturated heterocycles. The van der Waals surface area contributed by atoms with E-state index in [1.54, 1.807) is 21.9 Å². The lowest BCUT2D eigenvalue weighted by atomic mass is 10.1. The number of aromatic amines is 1. The fourth-order valence-corrected chi connectivity index (χ4v) is 6.74. The smallest absolute Gasteiger partial charge is 0.326 e. The molecular weight excluding hydrogens is 867 g/mol. The van der Waals surface area contributed by atoms with Gasteiger partial charge in [-0.1, -0.05) is 0 Å². The van der Waals surface area contributed by atoms with Crippen LogP contribution in [0.1, 0.15) is 61.0 Å². The molecule has 9 N–H and O–H groups in total. The fraction of sp³-hybridized carbons (Fsp3) is 0.548. The predicted octanol–water partition coefficient (Wildman–Crippen LogP) is -0.802. The van der Waals surface area contributed by atoms with Crippen molar-refractivity contribution in [3.05, 3.63) is 52.1 Å². The number of ether oxygens (including phenoxy) is 2. The Morgan fingerprint density at radius 2 is 1.33 bits per heavy atom. The molecule has 4 rings (SSSR count). The van der Waals surface area contributed by atoms with E-state index in [4.69, 9.17) is 15.2 Å². The van der Waals surface area contributed by atoms with E-state index < -0.39 is 35.4 Å². The number of carboxylic acid groups (broad SMARTS) is 3. The summed E-state index contributed by atoms with van der Waals surface area (Å²) in [5, 5.41) is 36.5. The molecule has 66 heavy (non-hydrogen) atoms. The van der Waals surface area contributed by atoms with Gasteiger partial charge in [0, 0.05) is 89.4 Å². The quantitative estimate of drug-likeness (QED) is 0.0395. The zero-order valence-corrected chi connectivity index (χ0v) is 36.7. The molecule has 3 heterocycles. The van der Waals surface area contributed by atoms with E-state index >= 15 is 0 Å². The number of ketones is 2. The third-order valence-electron chi connectivity index (χ3n) is 10.3. The minimum Gasteiger partial charge on any atom is -0.480 e. The number of carbonyl (C=O) groups is 7. The molecule has 1 aliphatic rings. The minimum atomic E-state index is -1.28. The Morgan fingerprint density at radius 1 is 0.742 bits per heavy atom. The molecular formula is C42H59N11O13. The maximum atomic E-state index is 12.8. The van der Waals surface area contributed by atoms with Gasteiger partial charge < -0.3 is 46.5 Å². The number of hydrogen-bond donors (Lipinski definition) is 8. The number of anilines is 2. The summed E-state index contributed by atoms with van der Waals surface area (Å²) in [5.74, 6) is -4.36. The van der Waals surface area contributed by atoms with Crippen molar-refractivity contribution in [2.75, 3.05) is 103 Å². The number of fused-ring (bicyclic) bond motifs is 1. The van der Waals surface area contributed by atoms with Crippen LogP contribution in [-0.2, 0) is 44.8 Å². The van der Waals surface area contributed by atoms with Crippen molar-refractivity contribution in [2.24, 2.45) is 0 Å². The normalized spacial score (nSPS) is 14.4. The molecule has 24 heteroatoms. The molecule has 0 spiro atoms. The van der Waals surface area contributed by atoms with Crippen molar-refractivity contribution in [3.63, 3.8) is 0 Å². The van der Waals surface area contributed by atoms with Gasteiger partial charge in [-0.3, -0.25) is 53.2 Å². The molecule has 360 valence electrons. The number of aliphatic carboxylic acids is 3. The van der Waals surface area contributed by atoms with E-state index in [1.165, 1.54) is 18.3 Å². The summed E-state index contributed by atoms with van der Waals surface area (Å²) in [6, 6.07) is 4.98. The van der Waals surface area contributed by atoms with Crippen LogP contribution in [-0.4, -0.2) is 189 Å². The summed E-state index contributed by atoms with van der Waals surface area (Å²) in [7, 11) is 0. The van der Waals surface area contributed by atoms with E-state index in [0.717, 1.165) is 0 Å². The standard InChI is InChI=1S/C42H59N11O13/c43-42-49-38-37(40(62)50-42)47-30(24-46-38)23-45-29-7-5-28(6-8-29)39(61)48-33(41(63)64)10-9-31(54)4-2-19-65-21-22-66-20-11-32(55)3-1-12-44-34(56)25-51-13-15-52(26-35(57)58)17-18-53(16-14-51)27-36(59)60/h5-8,24,33,45H,1-4,9-23,25-27H2,(H,44,56)(H,48,61)(H,57,58)(H,59,60)(H,63,64)(H3,43,46,49,50,62)/t33-/m0/s1. The highest BCUT2D eigenvalue weighted by atomic mass is 16.5. The van der Waals surface area contributed by atoms with Crippen LogP contribution in [0.3, 0.4) is 0 Å². The average molecular weight is 926 g/mol. The second-order valence-corrected chi connectivity index (χ2v) is 15.5. The molecule has 2 amide bonds. The van der Waals surface area contributed by atoms with E-state index in [0.29, 0.717) is 70.0 Å². The monoisotopic (exact) mass is 925 g/mol. The van der Waals surface area contributed by atoms with Crippen LogP contribution in [0.5, 0.6) is 0 Å². The summed E-state index contributed by atoms with van der Waals surface area (Å²) < 4.78 is 11.0. The zero-order chi connectivity index (χ0) is 47.8. The largest absolute Gasteiger partial charge is 0.480 e. The predicted molar refractivity (Wildman–Crippen MR) is 237 cm³/mol. The molecule has 0 aliphatic carbocycles. The third-order valence-corrected chi connectivity index (χ3v) is 10.3. The van der Waals surface area contributed by atoms with Crippen LogP contribution >= 0.6 is 0 Å². The Kier molecular flexibility index (Phi) is 21.9. The van der Waals surface area contributed by atoms with E-state index in [2.05, 4.69) is 35.9 Å². The maximum absolute atomic E-state index is 12.8. The van der Waals surface area contributed by atoms with Gasteiger partial charge in [0.25, 0.3) is 11.5 Å². The van der Waals surface area contributed by atoms with E-state index in [1.807, 2.05) is 4.90 Å². The highest BCUT2D eigenvalue weighted by molar-refractivity contribution is 5.97. The van der Waals surface area contributed by atoms with Gasteiger partial charge >= 0.3 is 17.9 Å². The first-order chi connectivity index (χ1) is 31.6. The number of rotatable bonds is 29. The summed E-state index contributed by atoms with van der Waals surface area (Å²) in [6.45, 7) is 3.72. The minimum absolute atomic E-state index is 0.0230. The Balaban J connectivity index is 1.00. The Bertz CT molecular complexity index is 2150. The molecule has 0 unspecified atom stereocenters. The molecule has 0 saturated carbocycles. The lowest BCUT2D eigenvalue weighted by molar-refractivity contribution is -0.140. The van der Waals surface area contributed by atoms with Crippen LogP contribution < -0.4 is 27.2 Å². The lowest BCUT2D eigenvalue weighted by Gasteiger charge is -2.24. The average Bonchev–Trinajstić information content (AvgIpc) is 3.35. The number of H-pyrrole nitrogens is 1. The number of carbonyl (C=O) groups excluding carboxylic acids is 4. The molecule has 1 fully saturated rings. The number of nitrogens with zero attached hydrogens (tertiary/aromatic N) is 6. The third kappa shape index (κ3) is 19.7. The van der Waals surface area contributed by atoms with Crippen LogP contribution in [0, 0.1) is 0 Å². The highest BCUT2D eigenvalue weighted by Gasteiger charge is 2.23. The van der Waals surface area contributed by atoms with Crippen molar-refractivity contribution in [1.82, 2.24) is 45.3 Å². The Labute approximate surface area is 379 Å². The van der Waals surface area contributed by atoms with Gasteiger partial charge in [0.2, 0.25) is 11.9 Å². The summed E-state index contributed by atoms with van der Waals surface area (Å²) in [5.41, 5.74) is 6.47. The number of Topliss-reactive ketones (excluding diaryl/α,β-unsaturated/α-hetero) is 2. The van der Waals surface area contributed by atoms with Crippen LogP contribution in [0.4, 0.5) is 11.6 Å². The van der Waals surface area contributed by atoms with E-state index in [-0.39, 0.29) is 125 Å².